The Morgan fingerprint density at radius 2 is 2.00 bits per heavy atom. The first-order valence-electron chi connectivity index (χ1n) is 5.99. The Labute approximate surface area is 105 Å². The van der Waals surface area contributed by atoms with Crippen molar-refractivity contribution in [1.29, 1.82) is 0 Å². The number of nitrogens with one attached hydrogen (secondary N) is 2. The van der Waals surface area contributed by atoms with Gasteiger partial charge in [-0.25, -0.2) is 4.79 Å². The number of hydrogen-bond acceptors (Lipinski definition) is 3. The SMILES string of the molecule is CC(NC(N)=O)C(=O)NC1CCCC(C(=O)O)C1. The van der Waals surface area contributed by atoms with Gasteiger partial charge in [0.2, 0.25) is 5.91 Å². The van der Waals surface area contributed by atoms with Crippen LogP contribution in [0, 0.1) is 5.92 Å². The number of carbonyl (C=O) groups excluding carboxylic acids is 2. The highest BCUT2D eigenvalue weighted by molar-refractivity contribution is 5.86. The van der Waals surface area contributed by atoms with E-state index in [0.717, 1.165) is 12.8 Å². The summed E-state index contributed by atoms with van der Waals surface area (Å²) in [6.45, 7) is 1.53. The predicted octanol–water partition coefficient (Wildman–Crippen LogP) is -0.197. The molecule has 7 heteroatoms. The van der Waals surface area contributed by atoms with Crippen molar-refractivity contribution >= 4 is 17.9 Å². The lowest BCUT2D eigenvalue weighted by Crippen LogP contribution is -2.50. The van der Waals surface area contributed by atoms with Gasteiger partial charge in [0.1, 0.15) is 6.04 Å². The van der Waals surface area contributed by atoms with Gasteiger partial charge in [-0.2, -0.15) is 0 Å². The first-order valence-corrected chi connectivity index (χ1v) is 5.99. The molecule has 0 radical (unpaired) electrons. The minimum absolute atomic E-state index is 0.149. The van der Waals surface area contributed by atoms with Crippen molar-refractivity contribution in [3.8, 4) is 0 Å². The summed E-state index contributed by atoms with van der Waals surface area (Å²) in [7, 11) is 0. The van der Waals surface area contributed by atoms with Crippen LogP contribution in [0.4, 0.5) is 4.79 Å². The van der Waals surface area contributed by atoms with Gasteiger partial charge in [0.25, 0.3) is 0 Å². The number of carboxylic acids is 1. The lowest BCUT2D eigenvalue weighted by Gasteiger charge is -2.28. The summed E-state index contributed by atoms with van der Waals surface area (Å²) in [5.41, 5.74) is 4.92. The molecule has 1 aliphatic rings. The summed E-state index contributed by atoms with van der Waals surface area (Å²) < 4.78 is 0. The van der Waals surface area contributed by atoms with Crippen LogP contribution in [0.3, 0.4) is 0 Å². The van der Waals surface area contributed by atoms with E-state index in [1.165, 1.54) is 6.92 Å². The molecule has 0 bridgehead atoms. The number of primary amides is 1. The third-order valence-electron chi connectivity index (χ3n) is 3.12. The molecule has 0 aromatic heterocycles. The van der Waals surface area contributed by atoms with Gasteiger partial charge in [-0.05, 0) is 26.2 Å². The third kappa shape index (κ3) is 4.23. The second-order valence-corrected chi connectivity index (χ2v) is 4.64. The molecule has 0 aromatic rings. The Kier molecular flexibility index (Phi) is 4.94. The van der Waals surface area contributed by atoms with E-state index in [1.54, 1.807) is 0 Å². The van der Waals surface area contributed by atoms with Gasteiger partial charge < -0.3 is 21.5 Å². The van der Waals surface area contributed by atoms with Crippen LogP contribution >= 0.6 is 0 Å². The summed E-state index contributed by atoms with van der Waals surface area (Å²) in [5, 5.41) is 13.9. The number of carbonyl (C=O) groups is 3. The Hall–Kier alpha value is -1.79. The van der Waals surface area contributed by atoms with Crippen LogP contribution < -0.4 is 16.4 Å². The summed E-state index contributed by atoms with van der Waals surface area (Å²) in [6, 6.07) is -1.62. The zero-order valence-electron chi connectivity index (χ0n) is 10.3. The molecule has 0 aliphatic heterocycles. The molecule has 5 N–H and O–H groups in total. The van der Waals surface area contributed by atoms with Gasteiger partial charge in [-0.1, -0.05) is 6.42 Å². The van der Waals surface area contributed by atoms with E-state index in [0.29, 0.717) is 12.8 Å². The van der Waals surface area contributed by atoms with E-state index in [2.05, 4.69) is 10.6 Å². The Morgan fingerprint density at radius 3 is 2.56 bits per heavy atom. The maximum absolute atomic E-state index is 11.7. The number of carboxylic acid groups (broad SMARTS) is 1. The predicted molar refractivity (Wildman–Crippen MR) is 63.7 cm³/mol. The average Bonchev–Trinajstić information content (AvgIpc) is 2.28. The minimum Gasteiger partial charge on any atom is -0.481 e. The first-order chi connectivity index (χ1) is 8.40. The Bertz CT molecular complexity index is 345. The van der Waals surface area contributed by atoms with Crippen LogP contribution in [0.15, 0.2) is 0 Å². The van der Waals surface area contributed by atoms with Crippen molar-refractivity contribution in [1.82, 2.24) is 10.6 Å². The highest BCUT2D eigenvalue weighted by Crippen LogP contribution is 2.24. The molecule has 3 atom stereocenters. The number of hydrogen-bond donors (Lipinski definition) is 4. The smallest absolute Gasteiger partial charge is 0.312 e. The number of nitrogens with two attached hydrogens (primary N) is 1. The van der Waals surface area contributed by atoms with E-state index in [4.69, 9.17) is 10.8 Å². The zero-order valence-corrected chi connectivity index (χ0v) is 10.3. The maximum atomic E-state index is 11.7. The van der Waals surface area contributed by atoms with Crippen molar-refractivity contribution in [3.05, 3.63) is 0 Å². The monoisotopic (exact) mass is 257 g/mol. The van der Waals surface area contributed by atoms with Crippen LogP contribution in [0.25, 0.3) is 0 Å². The molecule has 1 saturated carbocycles. The molecular formula is C11H19N3O4. The van der Waals surface area contributed by atoms with Crippen LogP contribution in [-0.4, -0.2) is 35.1 Å². The van der Waals surface area contributed by atoms with E-state index in [1.807, 2.05) is 0 Å². The van der Waals surface area contributed by atoms with E-state index >= 15 is 0 Å². The lowest BCUT2D eigenvalue weighted by atomic mass is 9.85. The van der Waals surface area contributed by atoms with Crippen LogP contribution in [-0.2, 0) is 9.59 Å². The second-order valence-electron chi connectivity index (χ2n) is 4.64. The number of amides is 3. The fraction of sp³-hybridized carbons (Fsp3) is 0.727. The quantitative estimate of drug-likeness (QED) is 0.557. The summed E-state index contributed by atoms with van der Waals surface area (Å²) in [6.07, 6.45) is 2.62. The Morgan fingerprint density at radius 1 is 1.33 bits per heavy atom. The van der Waals surface area contributed by atoms with Gasteiger partial charge in [0, 0.05) is 6.04 Å². The fourth-order valence-electron chi connectivity index (χ4n) is 2.15. The minimum atomic E-state index is -0.822. The molecule has 0 aromatic carbocycles. The molecule has 7 nitrogen and oxygen atoms in total. The van der Waals surface area contributed by atoms with E-state index < -0.39 is 24.0 Å². The van der Waals surface area contributed by atoms with Crippen LogP contribution in [0.5, 0.6) is 0 Å². The van der Waals surface area contributed by atoms with Gasteiger partial charge in [0.05, 0.1) is 5.92 Å². The van der Waals surface area contributed by atoms with Gasteiger partial charge in [-0.3, -0.25) is 9.59 Å². The molecule has 102 valence electrons. The lowest BCUT2D eigenvalue weighted by molar-refractivity contribution is -0.143. The molecule has 18 heavy (non-hydrogen) atoms. The van der Waals surface area contributed by atoms with Crippen molar-refractivity contribution in [2.45, 2.75) is 44.7 Å². The number of urea groups is 1. The topological polar surface area (TPSA) is 122 Å². The van der Waals surface area contributed by atoms with Crippen molar-refractivity contribution in [3.63, 3.8) is 0 Å². The molecule has 3 unspecified atom stereocenters. The third-order valence-corrected chi connectivity index (χ3v) is 3.12. The molecule has 1 rings (SSSR count). The standard InChI is InChI=1S/C11H19N3O4/c1-6(13-11(12)18)9(15)14-8-4-2-3-7(5-8)10(16)17/h6-8H,2-5H2,1H3,(H,14,15)(H,16,17)(H3,12,13,18). The van der Waals surface area contributed by atoms with Crippen molar-refractivity contribution < 1.29 is 19.5 Å². The van der Waals surface area contributed by atoms with Crippen molar-refractivity contribution in [2.24, 2.45) is 11.7 Å². The van der Waals surface area contributed by atoms with Crippen LogP contribution in [0.1, 0.15) is 32.6 Å². The second kappa shape index (κ2) is 6.23. The van der Waals surface area contributed by atoms with Gasteiger partial charge in [-0.15, -0.1) is 0 Å². The number of rotatable bonds is 4. The molecule has 0 saturated heterocycles. The molecule has 1 aliphatic carbocycles. The van der Waals surface area contributed by atoms with Crippen molar-refractivity contribution in [2.75, 3.05) is 0 Å². The maximum Gasteiger partial charge on any atom is 0.312 e. The number of aliphatic carboxylic acids is 1. The highest BCUT2D eigenvalue weighted by Gasteiger charge is 2.28. The van der Waals surface area contributed by atoms with E-state index in [9.17, 15) is 14.4 Å². The average molecular weight is 257 g/mol. The van der Waals surface area contributed by atoms with Gasteiger partial charge in [0.15, 0.2) is 0 Å². The highest BCUT2D eigenvalue weighted by atomic mass is 16.4. The van der Waals surface area contributed by atoms with Crippen LogP contribution in [0.2, 0.25) is 0 Å². The molecule has 1 fully saturated rings. The molecule has 0 spiro atoms. The molecule has 3 amide bonds. The summed E-state index contributed by atoms with van der Waals surface area (Å²) in [5.74, 6) is -1.56. The first kappa shape index (κ1) is 14.3. The van der Waals surface area contributed by atoms with Gasteiger partial charge >= 0.3 is 12.0 Å². The molecular weight excluding hydrogens is 238 g/mol. The normalized spacial score (nSPS) is 24.9. The Balaban J connectivity index is 2.44. The zero-order chi connectivity index (χ0) is 13.7. The summed E-state index contributed by atoms with van der Waals surface area (Å²) in [4.78, 5) is 33.2. The largest absolute Gasteiger partial charge is 0.481 e. The fourth-order valence-corrected chi connectivity index (χ4v) is 2.15. The molecule has 0 heterocycles. The summed E-state index contributed by atoms with van der Waals surface area (Å²) >= 11 is 0. The van der Waals surface area contributed by atoms with E-state index in [-0.39, 0.29) is 11.9 Å².